The highest BCUT2D eigenvalue weighted by Gasteiger charge is 2.46. The van der Waals surface area contributed by atoms with Crippen LogP contribution in [0, 0.1) is 11.7 Å². The number of aliphatic imine (C=N–C) groups is 1. The first-order valence-electron chi connectivity index (χ1n) is 6.13. The van der Waals surface area contributed by atoms with E-state index in [1.54, 1.807) is 6.07 Å². The summed E-state index contributed by atoms with van der Waals surface area (Å²) in [6, 6.07) is 5.00. The smallest absolute Gasteiger partial charge is 0.154 e. The highest BCUT2D eigenvalue weighted by Crippen LogP contribution is 2.46. The van der Waals surface area contributed by atoms with E-state index in [9.17, 15) is 4.39 Å². The second kappa shape index (κ2) is 5.07. The van der Waals surface area contributed by atoms with Gasteiger partial charge in [0, 0.05) is 34.7 Å². The third-order valence-electron chi connectivity index (χ3n) is 3.76. The van der Waals surface area contributed by atoms with Gasteiger partial charge < -0.3 is 10.5 Å². The standard InChI is InChI=1S/C13H14BrFN2OS/c14-9-1-2-11(15)10(5-9)13-3-4-18-6-8(13)7-19-12(16)17-13/h1-2,5,8H,3-4,6-7H2,(H2,16,17). The van der Waals surface area contributed by atoms with Gasteiger partial charge in [-0.3, -0.25) is 4.99 Å². The number of hydrogen-bond donors (Lipinski definition) is 1. The van der Waals surface area contributed by atoms with E-state index in [2.05, 4.69) is 20.9 Å². The summed E-state index contributed by atoms with van der Waals surface area (Å²) in [5, 5.41) is 0.539. The Balaban J connectivity index is 2.16. The van der Waals surface area contributed by atoms with Crippen LogP contribution in [-0.2, 0) is 10.3 Å². The van der Waals surface area contributed by atoms with E-state index in [1.165, 1.54) is 17.8 Å². The summed E-state index contributed by atoms with van der Waals surface area (Å²) in [7, 11) is 0. The average Bonchev–Trinajstić information content (AvgIpc) is 2.41. The van der Waals surface area contributed by atoms with Crippen molar-refractivity contribution in [1.29, 1.82) is 0 Å². The lowest BCUT2D eigenvalue weighted by molar-refractivity contribution is 0.00882. The van der Waals surface area contributed by atoms with Gasteiger partial charge in [-0.2, -0.15) is 0 Å². The van der Waals surface area contributed by atoms with Gasteiger partial charge in [-0.25, -0.2) is 4.39 Å². The minimum Gasteiger partial charge on any atom is -0.381 e. The van der Waals surface area contributed by atoms with Crippen LogP contribution in [0.4, 0.5) is 4.39 Å². The van der Waals surface area contributed by atoms with Crippen molar-refractivity contribution in [3.05, 3.63) is 34.1 Å². The summed E-state index contributed by atoms with van der Waals surface area (Å²) in [5.41, 5.74) is 5.95. The molecule has 0 aliphatic carbocycles. The first-order chi connectivity index (χ1) is 9.12. The molecular formula is C13H14BrFN2OS. The van der Waals surface area contributed by atoms with Gasteiger partial charge in [0.25, 0.3) is 0 Å². The number of ether oxygens (including phenoxy) is 1. The number of nitrogens with zero attached hydrogens (tertiary/aromatic N) is 1. The van der Waals surface area contributed by atoms with E-state index in [1.807, 2.05) is 6.07 Å². The third-order valence-corrected chi connectivity index (χ3v) is 5.21. The number of fused-ring (bicyclic) bond motifs is 1. The molecule has 1 saturated heterocycles. The molecule has 0 bridgehead atoms. The Bertz CT molecular complexity index is 539. The zero-order valence-electron chi connectivity index (χ0n) is 10.2. The number of nitrogens with two attached hydrogens (primary N) is 1. The van der Waals surface area contributed by atoms with E-state index in [0.29, 0.717) is 30.4 Å². The molecule has 1 fully saturated rings. The van der Waals surface area contributed by atoms with Crippen molar-refractivity contribution in [1.82, 2.24) is 0 Å². The molecule has 0 spiro atoms. The Labute approximate surface area is 123 Å². The molecule has 0 saturated carbocycles. The van der Waals surface area contributed by atoms with Crippen molar-refractivity contribution >= 4 is 32.9 Å². The van der Waals surface area contributed by atoms with Crippen molar-refractivity contribution in [3.63, 3.8) is 0 Å². The minimum absolute atomic E-state index is 0.169. The molecule has 2 unspecified atom stereocenters. The number of benzene rings is 1. The number of halogens is 2. The third kappa shape index (κ3) is 2.30. The maximum Gasteiger partial charge on any atom is 0.154 e. The fraction of sp³-hybridized carbons (Fsp3) is 0.462. The number of rotatable bonds is 1. The van der Waals surface area contributed by atoms with E-state index in [-0.39, 0.29) is 11.7 Å². The van der Waals surface area contributed by atoms with E-state index in [0.717, 1.165) is 10.2 Å². The van der Waals surface area contributed by atoms with Gasteiger partial charge in [-0.05, 0) is 18.2 Å². The summed E-state index contributed by atoms with van der Waals surface area (Å²) in [6.07, 6.45) is 0.673. The van der Waals surface area contributed by atoms with Crippen LogP contribution in [0.3, 0.4) is 0 Å². The van der Waals surface area contributed by atoms with Gasteiger partial charge in [-0.1, -0.05) is 27.7 Å². The molecule has 0 radical (unpaired) electrons. The summed E-state index contributed by atoms with van der Waals surface area (Å²) in [5.74, 6) is 0.766. The summed E-state index contributed by atoms with van der Waals surface area (Å²) in [6.45, 7) is 1.19. The molecule has 0 aromatic heterocycles. The molecule has 3 rings (SSSR count). The average molecular weight is 345 g/mol. The van der Waals surface area contributed by atoms with Crippen LogP contribution in [0.15, 0.2) is 27.7 Å². The molecule has 2 aliphatic heterocycles. The second-order valence-electron chi connectivity index (χ2n) is 4.83. The predicted molar refractivity (Wildman–Crippen MR) is 78.8 cm³/mol. The van der Waals surface area contributed by atoms with E-state index in [4.69, 9.17) is 10.5 Å². The number of thioether (sulfide) groups is 1. The Morgan fingerprint density at radius 1 is 1.53 bits per heavy atom. The molecule has 19 heavy (non-hydrogen) atoms. The maximum atomic E-state index is 14.3. The van der Waals surface area contributed by atoms with Crippen molar-refractivity contribution in [2.75, 3.05) is 19.0 Å². The fourth-order valence-electron chi connectivity index (χ4n) is 2.79. The number of amidine groups is 1. The van der Waals surface area contributed by atoms with Crippen LogP contribution in [0.1, 0.15) is 12.0 Å². The molecule has 0 amide bonds. The molecule has 2 aliphatic rings. The Morgan fingerprint density at radius 2 is 2.37 bits per heavy atom. The van der Waals surface area contributed by atoms with Crippen LogP contribution < -0.4 is 5.73 Å². The first kappa shape index (κ1) is 13.4. The van der Waals surface area contributed by atoms with Crippen molar-refractivity contribution in [2.24, 2.45) is 16.6 Å². The monoisotopic (exact) mass is 344 g/mol. The summed E-state index contributed by atoms with van der Waals surface area (Å²) in [4.78, 5) is 4.62. The number of hydrogen-bond acceptors (Lipinski definition) is 4. The minimum atomic E-state index is -0.568. The Morgan fingerprint density at radius 3 is 3.21 bits per heavy atom. The van der Waals surface area contributed by atoms with Gasteiger partial charge >= 0.3 is 0 Å². The lowest BCUT2D eigenvalue weighted by atomic mass is 9.75. The van der Waals surface area contributed by atoms with Crippen molar-refractivity contribution in [3.8, 4) is 0 Å². The van der Waals surface area contributed by atoms with Crippen LogP contribution in [-0.4, -0.2) is 24.1 Å². The van der Waals surface area contributed by atoms with Gasteiger partial charge in [0.2, 0.25) is 0 Å². The topological polar surface area (TPSA) is 47.6 Å². The zero-order valence-corrected chi connectivity index (χ0v) is 12.6. The second-order valence-corrected chi connectivity index (χ2v) is 6.79. The first-order valence-corrected chi connectivity index (χ1v) is 7.91. The van der Waals surface area contributed by atoms with E-state index >= 15 is 0 Å². The van der Waals surface area contributed by atoms with Crippen LogP contribution in [0.5, 0.6) is 0 Å². The molecule has 1 aromatic carbocycles. The van der Waals surface area contributed by atoms with E-state index < -0.39 is 5.54 Å². The lowest BCUT2D eigenvalue weighted by Crippen LogP contribution is -2.47. The largest absolute Gasteiger partial charge is 0.381 e. The fourth-order valence-corrected chi connectivity index (χ4v) is 4.12. The normalized spacial score (nSPS) is 30.6. The van der Waals surface area contributed by atoms with Crippen molar-refractivity contribution in [2.45, 2.75) is 12.0 Å². The maximum absolute atomic E-state index is 14.3. The van der Waals surface area contributed by atoms with Crippen LogP contribution in [0.2, 0.25) is 0 Å². The Hall–Kier alpha value is -0.590. The highest BCUT2D eigenvalue weighted by molar-refractivity contribution is 9.10. The molecule has 2 heterocycles. The Kier molecular flexibility index (Phi) is 3.57. The summed E-state index contributed by atoms with van der Waals surface area (Å²) < 4.78 is 20.7. The molecule has 2 N–H and O–H groups in total. The zero-order chi connectivity index (χ0) is 13.5. The molecule has 102 valence electrons. The lowest BCUT2D eigenvalue weighted by Gasteiger charge is -2.43. The molecule has 2 atom stereocenters. The SMILES string of the molecule is NC1=NC2(c3cc(Br)ccc3F)CCOCC2CS1. The van der Waals surface area contributed by atoms with Gasteiger partial charge in [0.1, 0.15) is 5.82 Å². The van der Waals surface area contributed by atoms with Crippen molar-refractivity contribution < 1.29 is 9.13 Å². The molecular weight excluding hydrogens is 331 g/mol. The van der Waals surface area contributed by atoms with Crippen LogP contribution >= 0.6 is 27.7 Å². The molecule has 3 nitrogen and oxygen atoms in total. The molecule has 6 heteroatoms. The highest BCUT2D eigenvalue weighted by atomic mass is 79.9. The summed E-state index contributed by atoms with van der Waals surface area (Å²) >= 11 is 4.93. The van der Waals surface area contributed by atoms with Gasteiger partial charge in [0.15, 0.2) is 5.17 Å². The van der Waals surface area contributed by atoms with Gasteiger partial charge in [-0.15, -0.1) is 0 Å². The quantitative estimate of drug-likeness (QED) is 0.851. The van der Waals surface area contributed by atoms with Gasteiger partial charge in [0.05, 0.1) is 12.1 Å². The van der Waals surface area contributed by atoms with Crippen LogP contribution in [0.25, 0.3) is 0 Å². The predicted octanol–water partition coefficient (Wildman–Crippen LogP) is 2.88. The molecule has 1 aromatic rings.